The van der Waals surface area contributed by atoms with E-state index in [-0.39, 0.29) is 31.8 Å². The summed E-state index contributed by atoms with van der Waals surface area (Å²) in [4.78, 5) is 9.73. The highest BCUT2D eigenvalue weighted by atomic mass is 35.5. The molecule has 48 heavy (non-hydrogen) atoms. The Morgan fingerprint density at radius 1 is 1.02 bits per heavy atom. The van der Waals surface area contributed by atoms with Crippen molar-refractivity contribution in [2.75, 3.05) is 39.7 Å². The molecule has 2 aromatic heterocycles. The first kappa shape index (κ1) is 35.0. The largest absolute Gasteiger partial charge is 0.456 e. The molecular formula is C34H44ClN5O6SSi. The van der Waals surface area contributed by atoms with Crippen LogP contribution < -0.4 is 4.74 Å². The number of pyridine rings is 1. The van der Waals surface area contributed by atoms with E-state index in [2.05, 4.69) is 19.6 Å². The second kappa shape index (κ2) is 14.2. The van der Waals surface area contributed by atoms with Crippen LogP contribution in [0.4, 0.5) is 0 Å². The number of halogens is 1. The average molecular weight is 714 g/mol. The smallest absolute Gasteiger partial charge is 0.301 e. The highest BCUT2D eigenvalue weighted by Crippen LogP contribution is 2.35. The third kappa shape index (κ3) is 7.79. The molecule has 2 saturated heterocycles. The fraction of sp³-hybridized carbons (Fsp3) is 0.471. The van der Waals surface area contributed by atoms with Gasteiger partial charge in [0.2, 0.25) is 0 Å². The zero-order valence-corrected chi connectivity index (χ0v) is 30.6. The number of aliphatic hydroxyl groups is 1. The number of aromatic nitrogens is 3. The zero-order chi connectivity index (χ0) is 34.2. The van der Waals surface area contributed by atoms with E-state index in [1.165, 1.54) is 4.31 Å². The van der Waals surface area contributed by atoms with Crippen LogP contribution in [-0.4, -0.2) is 100 Å². The highest BCUT2D eigenvalue weighted by Gasteiger charge is 2.49. The summed E-state index contributed by atoms with van der Waals surface area (Å²) < 4.78 is 47.7. The SMILES string of the molecule is CN(C)S(=N)(=O)CCc1ccc(-c2ccc(-c3nc4c(cc3Cl)nc(O[C@@H]3CO[C@H]5[C@@H]3OC[C@H]5O)n4COCC[Si](C)(C)C)cc2)cc1. The number of nitrogens with one attached hydrogen (secondary N) is 1. The molecular weight excluding hydrogens is 670 g/mol. The maximum atomic E-state index is 12.4. The summed E-state index contributed by atoms with van der Waals surface area (Å²) in [6, 6.07) is 19.3. The minimum absolute atomic E-state index is 0.207. The van der Waals surface area contributed by atoms with E-state index < -0.39 is 36.3 Å². The Kier molecular flexibility index (Phi) is 10.3. The maximum Gasteiger partial charge on any atom is 0.301 e. The number of hydrogen-bond donors (Lipinski definition) is 2. The van der Waals surface area contributed by atoms with Crippen molar-refractivity contribution >= 4 is 40.8 Å². The summed E-state index contributed by atoms with van der Waals surface area (Å²) in [5, 5.41) is 10.7. The quantitative estimate of drug-likeness (QED) is 0.133. The van der Waals surface area contributed by atoms with Gasteiger partial charge in [-0.15, -0.1) is 0 Å². The van der Waals surface area contributed by atoms with Gasteiger partial charge in [-0.1, -0.05) is 79.8 Å². The van der Waals surface area contributed by atoms with Gasteiger partial charge in [0.25, 0.3) is 0 Å². The Balaban J connectivity index is 1.24. The first-order chi connectivity index (χ1) is 22.8. The minimum Gasteiger partial charge on any atom is -0.456 e. The van der Waals surface area contributed by atoms with Crippen LogP contribution in [0.15, 0.2) is 54.6 Å². The van der Waals surface area contributed by atoms with Gasteiger partial charge in [-0.2, -0.15) is 4.98 Å². The number of aryl methyl sites for hydroxylation is 1. The molecule has 0 spiro atoms. The lowest BCUT2D eigenvalue weighted by Gasteiger charge is -2.19. The van der Waals surface area contributed by atoms with Crippen molar-refractivity contribution < 1.29 is 28.3 Å². The van der Waals surface area contributed by atoms with Crippen molar-refractivity contribution in [3.8, 4) is 28.4 Å². The summed E-state index contributed by atoms with van der Waals surface area (Å²) in [6.45, 7) is 8.25. The zero-order valence-electron chi connectivity index (χ0n) is 28.0. The molecule has 5 atom stereocenters. The molecule has 4 heterocycles. The van der Waals surface area contributed by atoms with Crippen LogP contribution in [0.5, 0.6) is 6.01 Å². The molecule has 0 bridgehead atoms. The first-order valence-electron chi connectivity index (χ1n) is 16.2. The van der Waals surface area contributed by atoms with Crippen LogP contribution in [0.2, 0.25) is 30.7 Å². The van der Waals surface area contributed by atoms with Crippen molar-refractivity contribution in [1.82, 2.24) is 18.8 Å². The molecule has 2 aromatic carbocycles. The molecule has 2 aliphatic rings. The molecule has 0 aliphatic carbocycles. The second-order valence-electron chi connectivity index (χ2n) is 13.8. The van der Waals surface area contributed by atoms with Gasteiger partial charge in [-0.05, 0) is 35.2 Å². The third-order valence-corrected chi connectivity index (χ3v) is 12.7. The monoisotopic (exact) mass is 713 g/mol. The molecule has 2 aliphatic heterocycles. The Bertz CT molecular complexity index is 1850. The number of rotatable bonds is 13. The van der Waals surface area contributed by atoms with Gasteiger partial charge in [-0.3, -0.25) is 4.57 Å². The fourth-order valence-electron chi connectivity index (χ4n) is 5.75. The van der Waals surface area contributed by atoms with Crippen LogP contribution in [0.3, 0.4) is 0 Å². The van der Waals surface area contributed by atoms with Gasteiger partial charge >= 0.3 is 6.01 Å². The standard InChI is InChI=1S/C34H44ClN5O6SSi/c1-39(2)47(36,42)16-14-22-6-8-23(9-7-22)24-10-12-25(13-11-24)30-26(35)18-27-33(38-30)40(21-43-15-17-48(3,4)5)34(37-27)46-29-20-45-31-28(41)19-44-32(29)31/h6-13,18,28-29,31-32,36,41H,14-17,19-21H2,1-5H3/t28-,29-,31-,32-,47?/m1/s1. The number of fused-ring (bicyclic) bond motifs is 2. The van der Waals surface area contributed by atoms with Crippen LogP contribution in [-0.2, 0) is 37.3 Å². The van der Waals surface area contributed by atoms with Gasteiger partial charge in [-0.25, -0.2) is 18.3 Å². The van der Waals surface area contributed by atoms with Crippen molar-refractivity contribution in [3.05, 3.63) is 65.2 Å². The van der Waals surface area contributed by atoms with E-state index in [9.17, 15) is 9.32 Å². The molecule has 4 aromatic rings. The molecule has 1 unspecified atom stereocenters. The van der Waals surface area contributed by atoms with E-state index in [4.69, 9.17) is 45.3 Å². The number of benzene rings is 2. The van der Waals surface area contributed by atoms with E-state index >= 15 is 0 Å². The van der Waals surface area contributed by atoms with Gasteiger partial charge in [0, 0.05) is 40.1 Å². The number of ether oxygens (including phenoxy) is 4. The normalized spacial score (nSPS) is 22.3. The summed E-state index contributed by atoms with van der Waals surface area (Å²) in [5.41, 5.74) is 5.77. The third-order valence-electron chi connectivity index (χ3n) is 8.80. The first-order valence-corrected chi connectivity index (χ1v) is 21.9. The maximum absolute atomic E-state index is 12.4. The number of imidazole rings is 1. The Hall–Kier alpha value is -2.88. The lowest BCUT2D eigenvalue weighted by Crippen LogP contribution is -2.35. The number of aliphatic hydroxyl groups excluding tert-OH is 1. The Morgan fingerprint density at radius 2 is 1.67 bits per heavy atom. The van der Waals surface area contributed by atoms with E-state index in [1.807, 2.05) is 53.1 Å². The molecule has 6 rings (SSSR count). The summed E-state index contributed by atoms with van der Waals surface area (Å²) in [5.74, 6) is 0.289. The number of nitrogens with zero attached hydrogens (tertiary/aromatic N) is 4. The fourth-order valence-corrected chi connectivity index (χ4v) is 7.64. The molecule has 14 heteroatoms. The molecule has 0 saturated carbocycles. The van der Waals surface area contributed by atoms with Crippen LogP contribution in [0, 0.1) is 4.78 Å². The molecule has 258 valence electrons. The van der Waals surface area contributed by atoms with Crippen molar-refractivity contribution in [2.24, 2.45) is 0 Å². The predicted octanol–water partition coefficient (Wildman–Crippen LogP) is 5.70. The van der Waals surface area contributed by atoms with Crippen LogP contribution >= 0.6 is 11.6 Å². The molecule has 0 amide bonds. The highest BCUT2D eigenvalue weighted by molar-refractivity contribution is 7.90. The molecule has 0 radical (unpaired) electrons. The Morgan fingerprint density at radius 3 is 2.33 bits per heavy atom. The molecule has 2 fully saturated rings. The van der Waals surface area contributed by atoms with Crippen molar-refractivity contribution in [1.29, 1.82) is 4.78 Å². The summed E-state index contributed by atoms with van der Waals surface area (Å²) in [7, 11) is -0.697. The van der Waals surface area contributed by atoms with Crippen LogP contribution in [0.1, 0.15) is 5.56 Å². The molecule has 2 N–H and O–H groups in total. The van der Waals surface area contributed by atoms with Gasteiger partial charge in [0.05, 0.1) is 23.9 Å². The van der Waals surface area contributed by atoms with Crippen molar-refractivity contribution in [2.45, 2.75) is 63.3 Å². The Labute approximate surface area is 288 Å². The topological polar surface area (TPSA) is 132 Å². The predicted molar refractivity (Wildman–Crippen MR) is 191 cm³/mol. The second-order valence-corrected chi connectivity index (χ2v) is 22.3. The van der Waals surface area contributed by atoms with Gasteiger partial charge < -0.3 is 24.1 Å². The number of hydrogen-bond acceptors (Lipinski definition) is 9. The summed E-state index contributed by atoms with van der Waals surface area (Å²) >= 11 is 6.81. The van der Waals surface area contributed by atoms with Crippen LogP contribution in [0.25, 0.3) is 33.5 Å². The minimum atomic E-state index is -2.75. The summed E-state index contributed by atoms with van der Waals surface area (Å²) in [6.07, 6.45) is -1.33. The lowest BCUT2D eigenvalue weighted by atomic mass is 10.0. The lowest BCUT2D eigenvalue weighted by molar-refractivity contribution is 0.00336. The van der Waals surface area contributed by atoms with Gasteiger partial charge in [0.1, 0.15) is 40.5 Å². The molecule has 11 nitrogen and oxygen atoms in total. The van der Waals surface area contributed by atoms with Crippen molar-refractivity contribution in [3.63, 3.8) is 0 Å². The van der Waals surface area contributed by atoms with E-state index in [0.29, 0.717) is 40.9 Å². The van der Waals surface area contributed by atoms with Gasteiger partial charge in [0.15, 0.2) is 11.8 Å². The average Bonchev–Trinajstić information content (AvgIpc) is 3.72. The van der Waals surface area contributed by atoms with E-state index in [1.54, 1.807) is 20.2 Å². The van der Waals surface area contributed by atoms with E-state index in [0.717, 1.165) is 28.3 Å².